The summed E-state index contributed by atoms with van der Waals surface area (Å²) in [6.45, 7) is 3.87. The number of hydrogen-bond acceptors (Lipinski definition) is 5. The van der Waals surface area contributed by atoms with E-state index in [0.717, 1.165) is 42.1 Å². The van der Waals surface area contributed by atoms with Crippen LogP contribution in [-0.4, -0.2) is 46.2 Å². The molecule has 1 fully saturated rings. The van der Waals surface area contributed by atoms with E-state index in [0.29, 0.717) is 18.4 Å². The van der Waals surface area contributed by atoms with Gasteiger partial charge in [0.15, 0.2) is 6.61 Å². The molecule has 176 valence electrons. The molecule has 33 heavy (non-hydrogen) atoms. The van der Waals surface area contributed by atoms with E-state index in [1.54, 1.807) is 0 Å². The molecule has 1 aromatic heterocycles. The van der Waals surface area contributed by atoms with Gasteiger partial charge < -0.3 is 9.30 Å². The maximum atomic E-state index is 12.8. The van der Waals surface area contributed by atoms with Gasteiger partial charge in [0.05, 0.1) is 11.8 Å². The summed E-state index contributed by atoms with van der Waals surface area (Å²) in [5.74, 6) is -2.44. The van der Waals surface area contributed by atoms with Crippen molar-refractivity contribution in [1.29, 1.82) is 0 Å². The van der Waals surface area contributed by atoms with Gasteiger partial charge in [-0.25, -0.2) is 0 Å². The van der Waals surface area contributed by atoms with Crippen LogP contribution in [0.4, 0.5) is 0 Å². The van der Waals surface area contributed by atoms with Crippen molar-refractivity contribution in [2.45, 2.75) is 65.3 Å². The number of carbonyl (C=O) groups excluding carboxylic acids is 4. The Labute approximate surface area is 194 Å². The van der Waals surface area contributed by atoms with Crippen molar-refractivity contribution in [1.82, 2.24) is 9.47 Å². The molecule has 7 heteroatoms. The number of allylic oxidation sites excluding steroid dienone is 4. The highest BCUT2D eigenvalue weighted by atomic mass is 16.5. The van der Waals surface area contributed by atoms with E-state index in [2.05, 4.69) is 10.6 Å². The molecule has 1 saturated heterocycles. The molecule has 2 aliphatic carbocycles. The van der Waals surface area contributed by atoms with Crippen LogP contribution in [0.15, 0.2) is 29.9 Å². The third-order valence-corrected chi connectivity index (χ3v) is 7.17. The van der Waals surface area contributed by atoms with Crippen molar-refractivity contribution in [3.05, 3.63) is 46.8 Å². The lowest BCUT2D eigenvalue weighted by Crippen LogP contribution is -2.37. The minimum atomic E-state index is -0.741. The lowest BCUT2D eigenvalue weighted by atomic mass is 9.85. The molecule has 3 aliphatic rings. The van der Waals surface area contributed by atoms with Gasteiger partial charge >= 0.3 is 5.97 Å². The predicted molar refractivity (Wildman–Crippen MR) is 122 cm³/mol. The maximum Gasteiger partial charge on any atom is 0.326 e. The topological polar surface area (TPSA) is 85.7 Å². The van der Waals surface area contributed by atoms with Crippen LogP contribution in [-0.2, 0) is 25.7 Å². The number of esters is 1. The Morgan fingerprint density at radius 1 is 1.06 bits per heavy atom. The Hall–Kier alpha value is -2.96. The Kier molecular flexibility index (Phi) is 6.96. The molecule has 0 N–H and O–H groups in total. The number of Topliss-reactive ketones (excluding diaryl/α,β-unsaturated/α-hetero) is 1. The number of rotatable bonds is 8. The van der Waals surface area contributed by atoms with E-state index in [4.69, 9.17) is 4.74 Å². The molecule has 0 aromatic carbocycles. The molecule has 2 unspecified atom stereocenters. The number of aromatic nitrogens is 1. The summed E-state index contributed by atoms with van der Waals surface area (Å²) in [6.07, 6.45) is 13.0. The summed E-state index contributed by atoms with van der Waals surface area (Å²) < 4.78 is 7.30. The van der Waals surface area contributed by atoms with Crippen LogP contribution in [0, 0.1) is 25.7 Å². The Morgan fingerprint density at radius 3 is 2.39 bits per heavy atom. The zero-order chi connectivity index (χ0) is 23.5. The van der Waals surface area contributed by atoms with Crippen molar-refractivity contribution >= 4 is 23.6 Å². The predicted octanol–water partition coefficient (Wildman–Crippen LogP) is 3.67. The fraction of sp³-hybridized carbons (Fsp3) is 0.538. The lowest BCUT2D eigenvalue weighted by molar-refractivity contribution is -0.152. The molecule has 0 bridgehead atoms. The van der Waals surface area contributed by atoms with Crippen LogP contribution >= 0.6 is 0 Å². The van der Waals surface area contributed by atoms with Crippen molar-refractivity contribution in [3.63, 3.8) is 0 Å². The number of nitrogens with zero attached hydrogens (tertiary/aromatic N) is 2. The maximum absolute atomic E-state index is 12.8. The lowest BCUT2D eigenvalue weighted by Gasteiger charge is -2.15. The minimum Gasteiger partial charge on any atom is -0.456 e. The first-order valence-electron chi connectivity index (χ1n) is 11.9. The fourth-order valence-electron chi connectivity index (χ4n) is 5.24. The van der Waals surface area contributed by atoms with E-state index < -0.39 is 19.1 Å². The van der Waals surface area contributed by atoms with Crippen LogP contribution < -0.4 is 0 Å². The number of aryl methyl sites for hydroxylation is 1. The van der Waals surface area contributed by atoms with E-state index in [-0.39, 0.29) is 29.4 Å². The highest BCUT2D eigenvalue weighted by Crippen LogP contribution is 2.34. The number of hydrogen-bond donors (Lipinski definition) is 0. The molecule has 2 amide bonds. The first-order valence-corrected chi connectivity index (χ1v) is 11.9. The van der Waals surface area contributed by atoms with Gasteiger partial charge in [0.25, 0.3) is 0 Å². The van der Waals surface area contributed by atoms with E-state index >= 15 is 0 Å². The quantitative estimate of drug-likeness (QED) is 0.260. The van der Waals surface area contributed by atoms with Crippen LogP contribution in [0.2, 0.25) is 0 Å². The fourth-order valence-corrected chi connectivity index (χ4v) is 5.24. The molecular weight excluding hydrogens is 420 g/mol. The number of imide groups is 1. The molecule has 7 nitrogen and oxygen atoms in total. The van der Waals surface area contributed by atoms with Crippen LogP contribution in [0.5, 0.6) is 0 Å². The first kappa shape index (κ1) is 23.2. The smallest absolute Gasteiger partial charge is 0.326 e. The Morgan fingerprint density at radius 2 is 1.76 bits per heavy atom. The van der Waals surface area contributed by atoms with Gasteiger partial charge in [0, 0.05) is 23.5 Å². The number of ether oxygens (including phenoxy) is 1. The summed E-state index contributed by atoms with van der Waals surface area (Å²) in [6, 6.07) is 1.84. The SMILES string of the molecule is Cc1cc(C(=O)COC(=O)CN2C(=O)C3CC=CCC3C2=O)c(C)n1CCC1=CCCCC1. The average molecular weight is 453 g/mol. The zero-order valence-electron chi connectivity index (χ0n) is 19.5. The van der Waals surface area contributed by atoms with Crippen LogP contribution in [0.1, 0.15) is 66.7 Å². The Balaban J connectivity index is 1.31. The summed E-state index contributed by atoms with van der Waals surface area (Å²) in [5, 5.41) is 0. The molecule has 0 saturated carbocycles. The summed E-state index contributed by atoms with van der Waals surface area (Å²) >= 11 is 0. The normalized spacial score (nSPS) is 22.4. The van der Waals surface area contributed by atoms with Crippen LogP contribution in [0.3, 0.4) is 0 Å². The second-order valence-corrected chi connectivity index (χ2v) is 9.30. The number of amides is 2. The van der Waals surface area contributed by atoms with Crippen molar-refractivity contribution in [2.75, 3.05) is 13.2 Å². The molecule has 1 aliphatic heterocycles. The van der Waals surface area contributed by atoms with Gasteiger partial charge in [-0.05, 0) is 64.9 Å². The van der Waals surface area contributed by atoms with Gasteiger partial charge in [-0.2, -0.15) is 0 Å². The van der Waals surface area contributed by atoms with Crippen molar-refractivity contribution < 1.29 is 23.9 Å². The van der Waals surface area contributed by atoms with E-state index in [1.807, 2.05) is 32.1 Å². The summed E-state index contributed by atoms with van der Waals surface area (Å²) in [5.41, 5.74) is 3.90. The zero-order valence-corrected chi connectivity index (χ0v) is 19.5. The van der Waals surface area contributed by atoms with Gasteiger partial charge in [-0.15, -0.1) is 0 Å². The van der Waals surface area contributed by atoms with Gasteiger partial charge in [0.1, 0.15) is 6.54 Å². The highest BCUT2D eigenvalue weighted by Gasteiger charge is 2.47. The van der Waals surface area contributed by atoms with Crippen LogP contribution in [0.25, 0.3) is 0 Å². The van der Waals surface area contributed by atoms with E-state index in [9.17, 15) is 19.2 Å². The standard InChI is InChI=1S/C26H32N2O5/c1-17-14-22(18(2)27(17)13-12-19-8-4-3-5-9-19)23(29)16-33-24(30)15-28-25(31)20-10-6-7-11-21(20)26(28)32/h6-8,14,20-21H,3-5,9-13,15-16H2,1-2H3. The average Bonchev–Trinajstić information content (AvgIpc) is 3.24. The van der Waals surface area contributed by atoms with Gasteiger partial charge in [0.2, 0.25) is 17.6 Å². The molecule has 2 heterocycles. The van der Waals surface area contributed by atoms with Crippen molar-refractivity contribution in [3.8, 4) is 0 Å². The second-order valence-electron chi connectivity index (χ2n) is 9.30. The minimum absolute atomic E-state index is 0.281. The monoisotopic (exact) mass is 452 g/mol. The number of likely N-dealkylation sites (tertiary alicyclic amines) is 1. The second kappa shape index (κ2) is 9.89. The number of fused-ring (bicyclic) bond motifs is 1. The molecule has 2 atom stereocenters. The summed E-state index contributed by atoms with van der Waals surface area (Å²) in [7, 11) is 0. The summed E-state index contributed by atoms with van der Waals surface area (Å²) in [4.78, 5) is 51.1. The third kappa shape index (κ3) is 4.87. The number of ketones is 1. The molecule has 4 rings (SSSR count). The van der Waals surface area contributed by atoms with E-state index in [1.165, 1.54) is 18.4 Å². The Bertz CT molecular complexity index is 1010. The van der Waals surface area contributed by atoms with Gasteiger partial charge in [-0.3, -0.25) is 24.1 Å². The van der Waals surface area contributed by atoms with Gasteiger partial charge in [-0.1, -0.05) is 23.8 Å². The molecule has 0 radical (unpaired) electrons. The number of carbonyl (C=O) groups is 4. The largest absolute Gasteiger partial charge is 0.456 e. The molecule has 1 aromatic rings. The van der Waals surface area contributed by atoms with Crippen molar-refractivity contribution in [2.24, 2.45) is 11.8 Å². The molecule has 0 spiro atoms. The highest BCUT2D eigenvalue weighted by molar-refractivity contribution is 6.07. The molecular formula is C26H32N2O5. The first-order chi connectivity index (χ1) is 15.9. The third-order valence-electron chi connectivity index (χ3n) is 7.17.